The summed E-state index contributed by atoms with van der Waals surface area (Å²) in [5.74, 6) is 0.604. The molecule has 0 saturated carbocycles. The van der Waals surface area contributed by atoms with Crippen molar-refractivity contribution in [1.82, 2.24) is 4.90 Å². The molecule has 1 aliphatic rings. The highest BCUT2D eigenvalue weighted by Crippen LogP contribution is 2.38. The van der Waals surface area contributed by atoms with Crippen LogP contribution in [0.4, 0.5) is 4.79 Å². The van der Waals surface area contributed by atoms with Crippen LogP contribution in [-0.2, 0) is 11.2 Å². The van der Waals surface area contributed by atoms with Gasteiger partial charge in [-0.2, -0.15) is 0 Å². The van der Waals surface area contributed by atoms with Gasteiger partial charge in [0.2, 0.25) is 0 Å². The van der Waals surface area contributed by atoms with Crippen LogP contribution >= 0.6 is 23.4 Å². The van der Waals surface area contributed by atoms with Gasteiger partial charge >= 0.3 is 0 Å². The number of halogens is 1. The number of carbonyl (C=O) groups is 2. The Morgan fingerprint density at radius 1 is 1.11 bits per heavy atom. The lowest BCUT2D eigenvalue weighted by atomic mass is 10.1. The number of nitrogens with zero attached hydrogens (tertiary/aromatic N) is 1. The fraction of sp³-hybridized carbons (Fsp3) is 0.238. The minimum atomic E-state index is -0.283. The zero-order valence-corrected chi connectivity index (χ0v) is 17.2. The van der Waals surface area contributed by atoms with Crippen molar-refractivity contribution in [3.8, 4) is 11.5 Å². The van der Waals surface area contributed by atoms with Crippen LogP contribution in [0.15, 0.2) is 47.4 Å². The summed E-state index contributed by atoms with van der Waals surface area (Å²) in [4.78, 5) is 26.6. The highest BCUT2D eigenvalue weighted by Gasteiger charge is 2.34. The van der Waals surface area contributed by atoms with Crippen LogP contribution in [0.3, 0.4) is 0 Å². The molecule has 2 amide bonds. The lowest BCUT2D eigenvalue weighted by Gasteiger charge is -2.12. The van der Waals surface area contributed by atoms with Crippen molar-refractivity contribution in [2.75, 3.05) is 20.8 Å². The molecule has 0 aliphatic carbocycles. The van der Waals surface area contributed by atoms with E-state index in [0.29, 0.717) is 33.5 Å². The number of imide groups is 1. The second-order valence-corrected chi connectivity index (χ2v) is 7.56. The summed E-state index contributed by atoms with van der Waals surface area (Å²) in [5, 5.41) is 0.117. The summed E-state index contributed by atoms with van der Waals surface area (Å²) < 4.78 is 10.5. The van der Waals surface area contributed by atoms with Crippen molar-refractivity contribution in [1.29, 1.82) is 0 Å². The maximum Gasteiger partial charge on any atom is 0.293 e. The highest BCUT2D eigenvalue weighted by molar-refractivity contribution is 8.18. The summed E-state index contributed by atoms with van der Waals surface area (Å²) >= 11 is 7.15. The number of rotatable bonds is 7. The summed E-state index contributed by atoms with van der Waals surface area (Å²) in [6.07, 6.45) is 3.18. The fourth-order valence-electron chi connectivity index (χ4n) is 2.95. The molecule has 3 rings (SSSR count). The van der Waals surface area contributed by atoms with Crippen molar-refractivity contribution in [2.45, 2.75) is 12.8 Å². The molecule has 1 saturated heterocycles. The summed E-state index contributed by atoms with van der Waals surface area (Å²) in [5.41, 5.74) is 1.85. The number of carbonyl (C=O) groups excluding carboxylic acids is 2. The first-order valence-corrected chi connectivity index (χ1v) is 9.93. The van der Waals surface area contributed by atoms with E-state index in [2.05, 4.69) is 0 Å². The molecule has 0 atom stereocenters. The van der Waals surface area contributed by atoms with Crippen molar-refractivity contribution in [3.63, 3.8) is 0 Å². The monoisotopic (exact) mass is 417 g/mol. The van der Waals surface area contributed by atoms with E-state index in [0.717, 1.165) is 24.6 Å². The van der Waals surface area contributed by atoms with E-state index in [9.17, 15) is 9.59 Å². The average Bonchev–Trinajstić information content (AvgIpc) is 2.95. The quantitative estimate of drug-likeness (QED) is 0.591. The van der Waals surface area contributed by atoms with Gasteiger partial charge in [-0.3, -0.25) is 14.5 Å². The molecular formula is C21H20ClNO4S. The molecule has 0 radical (unpaired) electrons. The fourth-order valence-corrected chi connectivity index (χ4v) is 4.11. The van der Waals surface area contributed by atoms with E-state index < -0.39 is 0 Å². The Balaban J connectivity index is 1.71. The molecule has 146 valence electrons. The minimum absolute atomic E-state index is 0.254. The second-order valence-electron chi connectivity index (χ2n) is 6.16. The molecule has 1 aliphatic heterocycles. The number of thioether (sulfide) groups is 1. The number of hydrogen-bond acceptors (Lipinski definition) is 5. The largest absolute Gasteiger partial charge is 0.493 e. The molecule has 0 aromatic heterocycles. The van der Waals surface area contributed by atoms with Gasteiger partial charge in [-0.25, -0.2) is 0 Å². The van der Waals surface area contributed by atoms with Gasteiger partial charge in [-0.1, -0.05) is 41.9 Å². The van der Waals surface area contributed by atoms with Gasteiger partial charge in [0, 0.05) is 6.54 Å². The Kier molecular flexibility index (Phi) is 6.65. The average molecular weight is 418 g/mol. The van der Waals surface area contributed by atoms with E-state index in [4.69, 9.17) is 21.1 Å². The lowest BCUT2D eigenvalue weighted by molar-refractivity contribution is -0.122. The summed E-state index contributed by atoms with van der Waals surface area (Å²) in [6, 6.07) is 13.4. The third-order valence-corrected chi connectivity index (χ3v) is 5.51. The van der Waals surface area contributed by atoms with E-state index in [-0.39, 0.29) is 11.1 Å². The van der Waals surface area contributed by atoms with Crippen LogP contribution in [0.25, 0.3) is 6.08 Å². The molecule has 2 aromatic rings. The minimum Gasteiger partial charge on any atom is -0.493 e. The first kappa shape index (κ1) is 20.3. The first-order valence-electron chi connectivity index (χ1n) is 8.74. The van der Waals surface area contributed by atoms with Crippen LogP contribution in [0.5, 0.6) is 11.5 Å². The number of hydrogen-bond donors (Lipinski definition) is 0. The number of benzene rings is 2. The lowest BCUT2D eigenvalue weighted by Crippen LogP contribution is -2.29. The first-order chi connectivity index (χ1) is 13.5. The Labute approximate surface area is 173 Å². The Bertz CT molecular complexity index is 914. The zero-order valence-electron chi connectivity index (χ0n) is 15.6. The van der Waals surface area contributed by atoms with Crippen LogP contribution in [0.1, 0.15) is 17.5 Å². The molecule has 28 heavy (non-hydrogen) atoms. The Hall–Kier alpha value is -2.44. The third kappa shape index (κ3) is 4.51. The van der Waals surface area contributed by atoms with Gasteiger partial charge in [0.25, 0.3) is 11.1 Å². The van der Waals surface area contributed by atoms with E-state index in [1.807, 2.05) is 30.3 Å². The van der Waals surface area contributed by atoms with Crippen molar-refractivity contribution >= 4 is 40.6 Å². The molecule has 5 nitrogen and oxygen atoms in total. The van der Waals surface area contributed by atoms with Crippen molar-refractivity contribution < 1.29 is 19.1 Å². The highest BCUT2D eigenvalue weighted by atomic mass is 35.5. The normalized spacial score (nSPS) is 15.4. The molecular weight excluding hydrogens is 398 g/mol. The van der Waals surface area contributed by atoms with E-state index >= 15 is 0 Å². The molecule has 1 heterocycles. The summed E-state index contributed by atoms with van der Waals surface area (Å²) in [6.45, 7) is 0.392. The van der Waals surface area contributed by atoms with Gasteiger partial charge in [0.05, 0.1) is 24.1 Å². The number of ether oxygens (including phenoxy) is 2. The standard InChI is InChI=1S/C21H20ClNO4S/c1-26-17-12-15(11-16(22)19(17)27-2)13-18-20(24)23(21(25)28-18)10-6-9-14-7-4-3-5-8-14/h3-5,7-8,11-13H,6,9-10H2,1-2H3/b18-13+. The van der Waals surface area contributed by atoms with Crippen LogP contribution in [-0.4, -0.2) is 36.8 Å². The van der Waals surface area contributed by atoms with Gasteiger partial charge in [0.15, 0.2) is 11.5 Å². The molecule has 0 N–H and O–H groups in total. The third-order valence-electron chi connectivity index (χ3n) is 4.32. The predicted octanol–water partition coefficient (Wildman–Crippen LogP) is 5.03. The molecule has 2 aromatic carbocycles. The Morgan fingerprint density at radius 2 is 1.86 bits per heavy atom. The van der Waals surface area contributed by atoms with E-state index in [1.54, 1.807) is 18.2 Å². The molecule has 7 heteroatoms. The van der Waals surface area contributed by atoms with Crippen LogP contribution in [0.2, 0.25) is 5.02 Å². The topological polar surface area (TPSA) is 55.8 Å². The van der Waals surface area contributed by atoms with Crippen LogP contribution in [0, 0.1) is 0 Å². The summed E-state index contributed by atoms with van der Waals surface area (Å²) in [7, 11) is 3.02. The Morgan fingerprint density at radius 3 is 2.54 bits per heavy atom. The van der Waals surface area contributed by atoms with Gasteiger partial charge in [-0.05, 0) is 53.9 Å². The predicted molar refractivity (Wildman–Crippen MR) is 112 cm³/mol. The molecule has 1 fully saturated rings. The maximum absolute atomic E-state index is 12.7. The van der Waals surface area contributed by atoms with Crippen LogP contribution < -0.4 is 9.47 Å². The van der Waals surface area contributed by atoms with Crippen molar-refractivity contribution in [2.24, 2.45) is 0 Å². The number of aryl methyl sites for hydroxylation is 1. The van der Waals surface area contributed by atoms with E-state index in [1.165, 1.54) is 24.7 Å². The van der Waals surface area contributed by atoms with Crippen molar-refractivity contribution in [3.05, 3.63) is 63.5 Å². The van der Waals surface area contributed by atoms with Gasteiger partial charge < -0.3 is 9.47 Å². The number of amides is 2. The SMILES string of the molecule is COc1cc(/C=C2/SC(=O)N(CCCc3ccccc3)C2=O)cc(Cl)c1OC. The second kappa shape index (κ2) is 9.17. The number of methoxy groups -OCH3 is 2. The van der Waals surface area contributed by atoms with Gasteiger partial charge in [0.1, 0.15) is 0 Å². The molecule has 0 spiro atoms. The van der Waals surface area contributed by atoms with Gasteiger partial charge in [-0.15, -0.1) is 0 Å². The maximum atomic E-state index is 12.7. The molecule has 0 bridgehead atoms. The molecule has 0 unspecified atom stereocenters. The zero-order chi connectivity index (χ0) is 20.1. The smallest absolute Gasteiger partial charge is 0.293 e.